The molecule has 0 aliphatic heterocycles. The molecule has 0 amide bonds. The monoisotopic (exact) mass is 1090 g/mol. The van der Waals surface area contributed by atoms with E-state index >= 15 is 0 Å². The van der Waals surface area contributed by atoms with E-state index in [1.165, 1.54) is 87.5 Å². The van der Waals surface area contributed by atoms with Crippen LogP contribution in [0.4, 0.5) is 0 Å². The zero-order chi connectivity index (χ0) is 43.1. The van der Waals surface area contributed by atoms with E-state index in [0.29, 0.717) is 0 Å². The molecule has 51 heavy (non-hydrogen) atoms. The van der Waals surface area contributed by atoms with E-state index in [9.17, 15) is 0 Å². The van der Waals surface area contributed by atoms with Crippen molar-refractivity contribution in [2.24, 2.45) is 0 Å². The van der Waals surface area contributed by atoms with Crippen LogP contribution in [0.25, 0.3) is 0 Å². The van der Waals surface area contributed by atoms with Gasteiger partial charge in [0, 0.05) is 0 Å². The first-order valence-electron chi connectivity index (χ1n) is 11.7. The Bertz CT molecular complexity index is 1140. The van der Waals surface area contributed by atoms with Gasteiger partial charge in [-0.05, 0) is 29.6 Å². The average Bonchev–Trinajstić information content (AvgIpc) is 3.40. The molecule has 0 unspecified atom stereocenters. The molecule has 2 aromatic carbocycles. The quantitative estimate of drug-likeness (QED) is 0.193. The number of hydrogen-bond acceptors (Lipinski definition) is 2. The van der Waals surface area contributed by atoms with Gasteiger partial charge in [0.25, 0.3) is 0 Å². The Hall–Kier alpha value is -2.11. The molecule has 2 N–H and O–H groups in total. The van der Waals surface area contributed by atoms with Gasteiger partial charge in [0.1, 0.15) is 0 Å². The summed E-state index contributed by atoms with van der Waals surface area (Å²) < 4.78 is 77.4. The summed E-state index contributed by atoms with van der Waals surface area (Å²) in [6, 6.07) is 15.7. The van der Waals surface area contributed by atoms with E-state index in [1.54, 1.807) is 0 Å². The van der Waals surface area contributed by atoms with Crippen LogP contribution in [0.5, 0.6) is 0 Å². The van der Waals surface area contributed by atoms with E-state index in [2.05, 4.69) is 111 Å². The molecule has 12 nitrogen and oxygen atoms in total. The van der Waals surface area contributed by atoms with Gasteiger partial charge >= 0.3 is 272 Å². The molecule has 17 heteroatoms. The molecule has 1 saturated carbocycles. The van der Waals surface area contributed by atoms with Crippen molar-refractivity contribution in [2.45, 2.75) is 34.6 Å². The van der Waals surface area contributed by atoms with Gasteiger partial charge in [0.05, 0.1) is 0 Å². The van der Waals surface area contributed by atoms with E-state index in [-0.39, 0.29) is 0 Å². The summed E-state index contributed by atoms with van der Waals surface area (Å²) in [7, 11) is 0.955. The molecule has 3 rings (SSSR count). The zero-order valence-electron chi connectivity index (χ0n) is 27.2. The van der Waals surface area contributed by atoms with Crippen molar-refractivity contribution in [3.8, 4) is 0 Å². The first kappa shape index (κ1) is 70.5. The Morgan fingerprint density at radius 2 is 0.569 bits per heavy atom. The summed E-state index contributed by atoms with van der Waals surface area (Å²) in [5, 5.41) is 8.25. The summed E-state index contributed by atoms with van der Waals surface area (Å²) in [4.78, 5) is 0. The van der Waals surface area contributed by atoms with Crippen LogP contribution >= 0.6 is 32.1 Å². The molecule has 0 saturated heterocycles. The second-order valence-electron chi connectivity index (χ2n) is 7.13. The third-order valence-corrected chi connectivity index (χ3v) is 10.1. The predicted octanol–water partition coefficient (Wildman–Crippen LogP) is 6.30. The van der Waals surface area contributed by atoms with Crippen LogP contribution < -0.4 is 10.2 Å². The molecule has 6 radical (unpaired) electrons. The number of benzene rings is 2. The van der Waals surface area contributed by atoms with Crippen molar-refractivity contribution in [1.29, 1.82) is 0 Å². The summed E-state index contributed by atoms with van der Waals surface area (Å²) in [6.07, 6.45) is 0. The van der Waals surface area contributed by atoms with E-state index in [0.717, 1.165) is 18.9 Å². The third kappa shape index (κ3) is 37.5. The van der Waals surface area contributed by atoms with Crippen molar-refractivity contribution in [3.63, 3.8) is 0 Å². The summed E-state index contributed by atoms with van der Waals surface area (Å²) >= 11 is 14.6. The van der Waals surface area contributed by atoms with Gasteiger partial charge in [-0.1, -0.05) is 34.6 Å². The van der Waals surface area contributed by atoms with Gasteiger partial charge in [-0.3, -0.25) is 0 Å². The second kappa shape index (κ2) is 60.0. The Morgan fingerprint density at radius 3 is 0.725 bits per heavy atom. The molecule has 0 bridgehead atoms. The average molecular weight is 1090 g/mol. The van der Waals surface area contributed by atoms with Gasteiger partial charge in [0.15, 0.2) is 0 Å². The van der Waals surface area contributed by atoms with Crippen molar-refractivity contribution in [3.05, 3.63) is 166 Å². The van der Waals surface area contributed by atoms with Gasteiger partial charge in [-0.15, -0.1) is 0 Å². The Labute approximate surface area is 333 Å². The molecule has 1 fully saturated rings. The van der Waals surface area contributed by atoms with Crippen LogP contribution in [0.2, 0.25) is 10.0 Å². The second-order valence-corrected chi connectivity index (χ2v) is 11.6. The third-order valence-electron chi connectivity index (χ3n) is 5.34. The maximum atomic E-state index is 7.50. The topological polar surface area (TPSA) is 223 Å². The van der Waals surface area contributed by atoms with Crippen LogP contribution in [0, 0.1) is 96.1 Å². The number of rotatable bonds is 6. The van der Waals surface area contributed by atoms with Crippen molar-refractivity contribution in [1.82, 2.24) is 10.2 Å². The van der Waals surface area contributed by atoms with Crippen LogP contribution in [0.1, 0.15) is 45.7 Å². The normalized spacial score (nSPS) is 10.3. The molecular formula is C34H25Cl2N2O10PW2. The molecule has 0 atom stereocenters. The van der Waals surface area contributed by atoms with Crippen LogP contribution in [-0.4, -0.2) is 8.04 Å². The summed E-state index contributed by atoms with van der Waals surface area (Å²) in [6.45, 7) is 56.0. The van der Waals surface area contributed by atoms with Gasteiger partial charge in [0.2, 0.25) is 0 Å². The molecule has 1 aliphatic carbocycles. The van der Waals surface area contributed by atoms with Crippen molar-refractivity contribution >= 4 is 40.1 Å². The molecule has 0 aromatic heterocycles. The minimum absolute atomic E-state index is 0.757. The molecule has 2 aromatic rings. The van der Waals surface area contributed by atoms with Gasteiger partial charge in [-0.25, -0.2) is 0 Å². The fourth-order valence-corrected chi connectivity index (χ4v) is 5.60. The zero-order valence-corrected chi connectivity index (χ0v) is 35.5. The fourth-order valence-electron chi connectivity index (χ4n) is 2.87. The molecule has 1 aliphatic rings. The predicted molar refractivity (Wildman–Crippen MR) is 168 cm³/mol. The maximum absolute atomic E-state index is 7.50. The Morgan fingerprint density at radius 1 is 0.412 bits per heavy atom. The molecule has 262 valence electrons. The minimum atomic E-state index is 0.757. The van der Waals surface area contributed by atoms with Crippen LogP contribution in [0.15, 0.2) is 48.5 Å². The molecular weight excluding hydrogens is 1070 g/mol. The Kier molecular flexibility index (Phi) is 82.9. The fraction of sp³-hybridized carbons (Fsp3) is 0.147. The summed E-state index contributed by atoms with van der Waals surface area (Å²) in [5.74, 6) is 7.34. The van der Waals surface area contributed by atoms with Crippen molar-refractivity contribution in [2.75, 3.05) is 0 Å². The number of nitrogens with one attached hydrogen (secondary N) is 2. The first-order valence-corrected chi connectivity index (χ1v) is 16.3. The van der Waals surface area contributed by atoms with E-state index in [1.807, 2.05) is 48.5 Å². The van der Waals surface area contributed by atoms with E-state index in [4.69, 9.17) is 69.7 Å². The molecule has 0 heterocycles. The Balaban J connectivity index is -0.0000000709. The number of hydrogen-bond donors (Lipinski definition) is 2. The van der Waals surface area contributed by atoms with E-state index < -0.39 is 0 Å². The van der Waals surface area contributed by atoms with Crippen molar-refractivity contribution < 1.29 is 85.2 Å². The van der Waals surface area contributed by atoms with Gasteiger partial charge in [-0.2, -0.15) is 0 Å². The number of halogens is 2. The van der Waals surface area contributed by atoms with Gasteiger partial charge < -0.3 is 0 Å². The SMILES string of the molecule is C[C]1[C](C)[C](C)[C](C)[C]1C.Clc1ccc([C](=[W])N[P]N[C](=[W])c2ccc(Cl)cc2)cc1.[C-]#[O+].[C-]#[O+].[C-]#[O+].[C-]#[O+].[C-]#[O+].[C-]#[O+].[C-]#[O+].[C-]#[O+].[C-]#[O+].[C-]#[O+]. The van der Waals surface area contributed by atoms with Crippen LogP contribution in [-0.2, 0) is 85.2 Å². The van der Waals surface area contributed by atoms with Crippen LogP contribution in [0.3, 0.4) is 0 Å². The summed E-state index contributed by atoms with van der Waals surface area (Å²) in [5.41, 5.74) is 2.33. The standard InChI is InChI=1S/C14H10Cl2N2P.C10H15.10CO.2W/c15-13-5-1-11(2-6-13)9-17-19-18-10-12-3-7-14(16)8-4-12;1-6-7(2)9(4)10(5)8(6)3;10*1-2;;/h1-8,17-18H;1-5H3;;;;;;;;;;;;. The molecule has 0 spiro atoms. The first-order chi connectivity index (χ1) is 24.6.